The van der Waals surface area contributed by atoms with Crippen molar-refractivity contribution in [1.29, 1.82) is 0 Å². The second-order valence-corrected chi connectivity index (χ2v) is 6.20. The first-order chi connectivity index (χ1) is 12.6. The molecule has 0 aromatic heterocycles. The molecule has 0 atom stereocenters. The first kappa shape index (κ1) is 19.9. The van der Waals surface area contributed by atoms with Crippen LogP contribution in [-0.4, -0.2) is 68.3 Å². The van der Waals surface area contributed by atoms with E-state index in [-0.39, 0.29) is 6.09 Å². The van der Waals surface area contributed by atoms with Gasteiger partial charge in [0.05, 0.1) is 20.3 Å². The molecule has 0 saturated carbocycles. The van der Waals surface area contributed by atoms with E-state index in [0.717, 1.165) is 42.5 Å². The second kappa shape index (κ2) is 9.89. The fourth-order valence-corrected chi connectivity index (χ4v) is 2.94. The van der Waals surface area contributed by atoms with Crippen LogP contribution < -0.4 is 10.1 Å². The Bertz CT molecular complexity index is 625. The Kier molecular flexibility index (Phi) is 7.56. The van der Waals surface area contributed by atoms with Gasteiger partial charge in [-0.25, -0.2) is 9.79 Å². The van der Waals surface area contributed by atoms with Gasteiger partial charge >= 0.3 is 6.09 Å². The van der Waals surface area contributed by atoms with E-state index in [4.69, 9.17) is 14.5 Å². The monoisotopic (exact) mass is 362 g/mol. The lowest BCUT2D eigenvalue weighted by molar-refractivity contribution is 0.0914. The molecule has 1 amide bonds. The van der Waals surface area contributed by atoms with Gasteiger partial charge in [0.1, 0.15) is 5.75 Å². The van der Waals surface area contributed by atoms with Crippen LogP contribution >= 0.6 is 0 Å². The largest absolute Gasteiger partial charge is 0.497 e. The SMILES string of the molecule is CCNC(=NCc1cc(C)cc(OC)c1)N1CCN(C(=O)OCC)CC1. The van der Waals surface area contributed by atoms with E-state index in [1.807, 2.05) is 19.1 Å². The van der Waals surface area contributed by atoms with Crippen molar-refractivity contribution in [3.63, 3.8) is 0 Å². The van der Waals surface area contributed by atoms with Gasteiger partial charge in [-0.15, -0.1) is 0 Å². The number of methoxy groups -OCH3 is 1. The third kappa shape index (κ3) is 5.54. The van der Waals surface area contributed by atoms with Crippen LogP contribution in [0.4, 0.5) is 4.79 Å². The number of amides is 1. The molecule has 0 aliphatic carbocycles. The molecule has 1 aliphatic rings. The number of carbonyl (C=O) groups excluding carboxylic acids is 1. The summed E-state index contributed by atoms with van der Waals surface area (Å²) in [6.45, 7) is 10.5. The molecule has 0 bridgehead atoms. The summed E-state index contributed by atoms with van der Waals surface area (Å²) in [5.41, 5.74) is 2.27. The number of nitrogens with one attached hydrogen (secondary N) is 1. The van der Waals surface area contributed by atoms with Crippen LogP contribution in [0, 0.1) is 6.92 Å². The first-order valence-corrected chi connectivity index (χ1v) is 9.16. The lowest BCUT2D eigenvalue weighted by atomic mass is 10.1. The number of nitrogens with zero attached hydrogens (tertiary/aromatic N) is 3. The summed E-state index contributed by atoms with van der Waals surface area (Å²) in [4.78, 5) is 20.5. The van der Waals surface area contributed by atoms with E-state index in [1.54, 1.807) is 12.0 Å². The van der Waals surface area contributed by atoms with E-state index in [0.29, 0.717) is 26.2 Å². The molecule has 1 aromatic carbocycles. The maximum Gasteiger partial charge on any atom is 0.409 e. The Balaban J connectivity index is 2.01. The number of piperazine rings is 1. The van der Waals surface area contributed by atoms with Crippen molar-refractivity contribution in [3.05, 3.63) is 29.3 Å². The van der Waals surface area contributed by atoms with Crippen LogP contribution in [0.5, 0.6) is 5.75 Å². The summed E-state index contributed by atoms with van der Waals surface area (Å²) in [7, 11) is 1.68. The van der Waals surface area contributed by atoms with Crippen LogP contribution in [0.2, 0.25) is 0 Å². The molecular weight excluding hydrogens is 332 g/mol. The highest BCUT2D eigenvalue weighted by Gasteiger charge is 2.23. The minimum absolute atomic E-state index is 0.235. The highest BCUT2D eigenvalue weighted by atomic mass is 16.6. The summed E-state index contributed by atoms with van der Waals surface area (Å²) in [5.74, 6) is 1.72. The standard InChI is InChI=1S/C19H30N4O3/c1-5-20-18(21-14-16-11-15(3)12-17(13-16)25-4)22-7-9-23(10-8-22)19(24)26-6-2/h11-13H,5-10,14H2,1-4H3,(H,20,21). The molecule has 144 valence electrons. The lowest BCUT2D eigenvalue weighted by Crippen LogP contribution is -2.53. The van der Waals surface area contributed by atoms with Gasteiger partial charge in [0.25, 0.3) is 0 Å². The Morgan fingerprint density at radius 1 is 1.15 bits per heavy atom. The highest BCUT2D eigenvalue weighted by molar-refractivity contribution is 5.80. The van der Waals surface area contributed by atoms with Crippen LogP contribution in [-0.2, 0) is 11.3 Å². The molecule has 1 aliphatic heterocycles. The zero-order valence-electron chi connectivity index (χ0n) is 16.2. The van der Waals surface area contributed by atoms with E-state index in [9.17, 15) is 4.79 Å². The number of benzene rings is 1. The molecule has 1 N–H and O–H groups in total. The molecular formula is C19H30N4O3. The predicted molar refractivity (Wildman–Crippen MR) is 103 cm³/mol. The summed E-state index contributed by atoms with van der Waals surface area (Å²) in [6, 6.07) is 6.14. The number of carbonyl (C=O) groups is 1. The first-order valence-electron chi connectivity index (χ1n) is 9.16. The van der Waals surface area contributed by atoms with Crippen LogP contribution in [0.15, 0.2) is 23.2 Å². The van der Waals surface area contributed by atoms with Gasteiger partial charge < -0.3 is 24.6 Å². The highest BCUT2D eigenvalue weighted by Crippen LogP contribution is 2.17. The number of aryl methyl sites for hydroxylation is 1. The molecule has 1 aromatic rings. The second-order valence-electron chi connectivity index (χ2n) is 6.20. The summed E-state index contributed by atoms with van der Waals surface area (Å²) >= 11 is 0. The maximum absolute atomic E-state index is 11.8. The number of ether oxygens (including phenoxy) is 2. The minimum Gasteiger partial charge on any atom is -0.497 e. The molecule has 0 unspecified atom stereocenters. The summed E-state index contributed by atoms with van der Waals surface area (Å²) < 4.78 is 10.4. The number of hydrogen-bond donors (Lipinski definition) is 1. The van der Waals surface area contributed by atoms with Crippen molar-refractivity contribution < 1.29 is 14.3 Å². The van der Waals surface area contributed by atoms with E-state index < -0.39 is 0 Å². The fourth-order valence-electron chi connectivity index (χ4n) is 2.94. The molecule has 2 rings (SSSR count). The Morgan fingerprint density at radius 3 is 2.46 bits per heavy atom. The summed E-state index contributed by atoms with van der Waals surface area (Å²) in [5, 5.41) is 3.34. The molecule has 1 saturated heterocycles. The Labute approximate surface area is 156 Å². The third-order valence-electron chi connectivity index (χ3n) is 4.20. The van der Waals surface area contributed by atoms with Crippen molar-refractivity contribution >= 4 is 12.1 Å². The Morgan fingerprint density at radius 2 is 1.85 bits per heavy atom. The number of guanidine groups is 1. The number of hydrogen-bond acceptors (Lipinski definition) is 4. The topological polar surface area (TPSA) is 66.4 Å². The van der Waals surface area contributed by atoms with Gasteiger partial charge in [0.15, 0.2) is 5.96 Å². The average molecular weight is 362 g/mol. The van der Waals surface area contributed by atoms with E-state index in [2.05, 4.69) is 30.1 Å². The van der Waals surface area contributed by atoms with Crippen LogP contribution in [0.3, 0.4) is 0 Å². The zero-order valence-corrected chi connectivity index (χ0v) is 16.2. The average Bonchev–Trinajstić information content (AvgIpc) is 2.65. The van der Waals surface area contributed by atoms with Gasteiger partial charge in [0, 0.05) is 32.7 Å². The minimum atomic E-state index is -0.235. The quantitative estimate of drug-likeness (QED) is 0.643. The van der Waals surface area contributed by atoms with Gasteiger partial charge in [-0.05, 0) is 44.0 Å². The fraction of sp³-hybridized carbons (Fsp3) is 0.579. The van der Waals surface area contributed by atoms with Gasteiger partial charge in [-0.3, -0.25) is 0 Å². The van der Waals surface area contributed by atoms with Gasteiger partial charge in [-0.2, -0.15) is 0 Å². The normalized spacial score (nSPS) is 15.0. The summed E-state index contributed by atoms with van der Waals surface area (Å²) in [6.07, 6.45) is -0.235. The van der Waals surface area contributed by atoms with Crippen molar-refractivity contribution in [3.8, 4) is 5.75 Å². The van der Waals surface area contributed by atoms with Crippen molar-refractivity contribution in [2.24, 2.45) is 4.99 Å². The molecule has 26 heavy (non-hydrogen) atoms. The predicted octanol–water partition coefficient (Wildman–Crippen LogP) is 2.24. The zero-order chi connectivity index (χ0) is 18.9. The van der Waals surface area contributed by atoms with E-state index >= 15 is 0 Å². The number of rotatable bonds is 5. The van der Waals surface area contributed by atoms with Crippen LogP contribution in [0.1, 0.15) is 25.0 Å². The van der Waals surface area contributed by atoms with E-state index in [1.165, 1.54) is 0 Å². The van der Waals surface area contributed by atoms with Gasteiger partial charge in [0.2, 0.25) is 0 Å². The van der Waals surface area contributed by atoms with Gasteiger partial charge in [-0.1, -0.05) is 6.07 Å². The smallest absolute Gasteiger partial charge is 0.409 e. The molecule has 1 heterocycles. The molecule has 0 spiro atoms. The Hall–Kier alpha value is -2.44. The lowest BCUT2D eigenvalue weighted by Gasteiger charge is -2.35. The molecule has 1 fully saturated rings. The van der Waals surface area contributed by atoms with Crippen LogP contribution in [0.25, 0.3) is 0 Å². The molecule has 0 radical (unpaired) electrons. The van der Waals surface area contributed by atoms with Crippen molar-refractivity contribution in [1.82, 2.24) is 15.1 Å². The maximum atomic E-state index is 11.8. The van der Waals surface area contributed by atoms with Crippen molar-refractivity contribution in [2.75, 3.05) is 46.4 Å². The third-order valence-corrected chi connectivity index (χ3v) is 4.20. The van der Waals surface area contributed by atoms with Crippen molar-refractivity contribution in [2.45, 2.75) is 27.3 Å². The molecule has 7 nitrogen and oxygen atoms in total. The number of aliphatic imine (C=N–C) groups is 1. The molecule has 7 heteroatoms.